The summed E-state index contributed by atoms with van der Waals surface area (Å²) in [5, 5.41) is 3.84. The van der Waals surface area contributed by atoms with Gasteiger partial charge in [0.2, 0.25) is 5.91 Å². The summed E-state index contributed by atoms with van der Waals surface area (Å²) in [6.45, 7) is 2.43. The number of hydrogen-bond donors (Lipinski definition) is 1. The molecule has 3 nitrogen and oxygen atoms in total. The average Bonchev–Trinajstić information content (AvgIpc) is 2.34. The Morgan fingerprint density at radius 1 is 1.22 bits per heavy atom. The van der Waals surface area contributed by atoms with E-state index in [0.29, 0.717) is 22.3 Å². The molecule has 0 unspecified atom stereocenters. The van der Waals surface area contributed by atoms with Gasteiger partial charge in [0, 0.05) is 5.02 Å². The molecule has 98 valence electrons. The monoisotopic (exact) mass is 286 g/mol. The van der Waals surface area contributed by atoms with Crippen LogP contribution in [0.3, 0.4) is 0 Å². The summed E-state index contributed by atoms with van der Waals surface area (Å²) in [6.07, 6.45) is 3.62. The third-order valence-electron chi connectivity index (χ3n) is 3.02. The van der Waals surface area contributed by atoms with E-state index >= 15 is 0 Å². The SMILES string of the molecule is O=C(CN1CCCCC1)Nc1ccc(Cl)cc1Cl. The van der Waals surface area contributed by atoms with Crippen LogP contribution in [0.4, 0.5) is 5.69 Å². The van der Waals surface area contributed by atoms with E-state index in [4.69, 9.17) is 23.2 Å². The molecule has 1 aliphatic rings. The van der Waals surface area contributed by atoms with Gasteiger partial charge in [0.05, 0.1) is 17.3 Å². The number of piperidine rings is 1. The first-order valence-corrected chi connectivity index (χ1v) is 6.88. The second-order valence-electron chi connectivity index (χ2n) is 4.51. The Bertz CT molecular complexity index is 431. The van der Waals surface area contributed by atoms with Crippen molar-refractivity contribution in [2.45, 2.75) is 19.3 Å². The van der Waals surface area contributed by atoms with Crippen LogP contribution in [-0.4, -0.2) is 30.4 Å². The van der Waals surface area contributed by atoms with Gasteiger partial charge in [-0.3, -0.25) is 9.69 Å². The topological polar surface area (TPSA) is 32.3 Å². The molecule has 5 heteroatoms. The molecule has 1 aromatic carbocycles. The van der Waals surface area contributed by atoms with Crippen LogP contribution in [0.2, 0.25) is 10.0 Å². The number of carbonyl (C=O) groups excluding carboxylic acids is 1. The summed E-state index contributed by atoms with van der Waals surface area (Å²) < 4.78 is 0. The molecule has 1 saturated heterocycles. The number of nitrogens with one attached hydrogen (secondary N) is 1. The second kappa shape index (κ2) is 6.41. The van der Waals surface area contributed by atoms with Crippen LogP contribution in [0.25, 0.3) is 0 Å². The second-order valence-corrected chi connectivity index (χ2v) is 5.35. The maximum Gasteiger partial charge on any atom is 0.238 e. The zero-order valence-corrected chi connectivity index (χ0v) is 11.6. The van der Waals surface area contributed by atoms with Crippen LogP contribution in [0, 0.1) is 0 Å². The van der Waals surface area contributed by atoms with Crippen LogP contribution in [0.15, 0.2) is 18.2 Å². The number of benzene rings is 1. The molecule has 2 rings (SSSR count). The molecule has 0 saturated carbocycles. The number of amides is 1. The van der Waals surface area contributed by atoms with Gasteiger partial charge < -0.3 is 5.32 Å². The van der Waals surface area contributed by atoms with Crippen molar-refractivity contribution in [1.29, 1.82) is 0 Å². The number of likely N-dealkylation sites (tertiary alicyclic amines) is 1. The van der Waals surface area contributed by atoms with E-state index in [1.54, 1.807) is 18.2 Å². The van der Waals surface area contributed by atoms with E-state index in [0.717, 1.165) is 13.1 Å². The number of carbonyl (C=O) groups is 1. The van der Waals surface area contributed by atoms with Crippen molar-refractivity contribution in [3.05, 3.63) is 28.2 Å². The van der Waals surface area contributed by atoms with E-state index in [1.165, 1.54) is 19.3 Å². The number of halogens is 2. The molecule has 1 heterocycles. The molecule has 1 aliphatic heterocycles. The minimum absolute atomic E-state index is 0.0267. The summed E-state index contributed by atoms with van der Waals surface area (Å²) >= 11 is 11.8. The highest BCUT2D eigenvalue weighted by Crippen LogP contribution is 2.25. The van der Waals surface area contributed by atoms with Gasteiger partial charge in [-0.25, -0.2) is 0 Å². The molecule has 0 aromatic heterocycles. The van der Waals surface area contributed by atoms with Gasteiger partial charge in [-0.2, -0.15) is 0 Å². The van der Waals surface area contributed by atoms with Crippen molar-refractivity contribution in [1.82, 2.24) is 4.90 Å². The molecular formula is C13H16Cl2N2O. The Kier molecular flexibility index (Phi) is 4.87. The fourth-order valence-electron chi connectivity index (χ4n) is 2.10. The van der Waals surface area contributed by atoms with Gasteiger partial charge in [-0.05, 0) is 44.1 Å². The molecule has 0 bridgehead atoms. The van der Waals surface area contributed by atoms with Gasteiger partial charge in [0.25, 0.3) is 0 Å². The highest BCUT2D eigenvalue weighted by atomic mass is 35.5. The van der Waals surface area contributed by atoms with Crippen molar-refractivity contribution in [3.8, 4) is 0 Å². The van der Waals surface area contributed by atoms with Crippen molar-refractivity contribution in [3.63, 3.8) is 0 Å². The van der Waals surface area contributed by atoms with Crippen LogP contribution >= 0.6 is 23.2 Å². The molecule has 1 fully saturated rings. The number of nitrogens with zero attached hydrogens (tertiary/aromatic N) is 1. The minimum atomic E-state index is -0.0267. The lowest BCUT2D eigenvalue weighted by atomic mass is 10.1. The predicted molar refractivity (Wildman–Crippen MR) is 75.4 cm³/mol. The summed E-state index contributed by atoms with van der Waals surface area (Å²) in [4.78, 5) is 14.0. The Morgan fingerprint density at radius 3 is 2.61 bits per heavy atom. The maximum atomic E-state index is 11.9. The van der Waals surface area contributed by atoms with Crippen LogP contribution in [-0.2, 0) is 4.79 Å². The van der Waals surface area contributed by atoms with E-state index in [9.17, 15) is 4.79 Å². The fourth-order valence-corrected chi connectivity index (χ4v) is 2.56. The van der Waals surface area contributed by atoms with Crippen LogP contribution in [0.1, 0.15) is 19.3 Å². The van der Waals surface area contributed by atoms with E-state index in [2.05, 4.69) is 10.2 Å². The molecule has 18 heavy (non-hydrogen) atoms. The summed E-state index contributed by atoms with van der Waals surface area (Å²) in [5.41, 5.74) is 0.614. The van der Waals surface area contributed by atoms with Crippen molar-refractivity contribution in [2.24, 2.45) is 0 Å². The zero-order valence-electron chi connectivity index (χ0n) is 10.1. The predicted octanol–water partition coefficient (Wildman–Crippen LogP) is 3.42. The molecule has 1 N–H and O–H groups in total. The normalized spacial score (nSPS) is 16.6. The third-order valence-corrected chi connectivity index (χ3v) is 3.57. The van der Waals surface area contributed by atoms with Crippen molar-refractivity contribution >= 4 is 34.8 Å². The lowest BCUT2D eigenvalue weighted by molar-refractivity contribution is -0.117. The zero-order chi connectivity index (χ0) is 13.0. The lowest BCUT2D eigenvalue weighted by Gasteiger charge is -2.25. The largest absolute Gasteiger partial charge is 0.324 e. The maximum absolute atomic E-state index is 11.9. The van der Waals surface area contributed by atoms with Crippen LogP contribution in [0.5, 0.6) is 0 Å². The quantitative estimate of drug-likeness (QED) is 0.924. The van der Waals surface area contributed by atoms with Crippen LogP contribution < -0.4 is 5.32 Å². The van der Waals surface area contributed by atoms with Gasteiger partial charge in [-0.1, -0.05) is 29.6 Å². The first-order valence-electron chi connectivity index (χ1n) is 6.12. The Hall–Kier alpha value is -0.770. The summed E-state index contributed by atoms with van der Waals surface area (Å²) in [6, 6.07) is 5.06. The number of anilines is 1. The average molecular weight is 287 g/mol. The molecule has 0 atom stereocenters. The molecular weight excluding hydrogens is 271 g/mol. The van der Waals surface area contributed by atoms with E-state index in [1.807, 2.05) is 0 Å². The molecule has 0 aliphatic carbocycles. The standard InChI is InChI=1S/C13H16Cl2N2O/c14-10-4-5-12(11(15)8-10)16-13(18)9-17-6-2-1-3-7-17/h4-5,8H,1-3,6-7,9H2,(H,16,18). The fraction of sp³-hybridized carbons (Fsp3) is 0.462. The first kappa shape index (κ1) is 13.7. The summed E-state index contributed by atoms with van der Waals surface area (Å²) in [5.74, 6) is -0.0267. The molecule has 1 aromatic rings. The van der Waals surface area contributed by atoms with E-state index in [-0.39, 0.29) is 5.91 Å². The van der Waals surface area contributed by atoms with Crippen molar-refractivity contribution in [2.75, 3.05) is 25.0 Å². The van der Waals surface area contributed by atoms with Crippen molar-refractivity contribution < 1.29 is 4.79 Å². The number of hydrogen-bond acceptors (Lipinski definition) is 2. The minimum Gasteiger partial charge on any atom is -0.324 e. The highest BCUT2D eigenvalue weighted by molar-refractivity contribution is 6.36. The third kappa shape index (κ3) is 3.87. The van der Waals surface area contributed by atoms with Gasteiger partial charge in [0.15, 0.2) is 0 Å². The lowest BCUT2D eigenvalue weighted by Crippen LogP contribution is -2.36. The van der Waals surface area contributed by atoms with Gasteiger partial charge in [-0.15, -0.1) is 0 Å². The van der Waals surface area contributed by atoms with E-state index < -0.39 is 0 Å². The molecule has 1 amide bonds. The van der Waals surface area contributed by atoms with Gasteiger partial charge in [0.1, 0.15) is 0 Å². The Labute approximate surface area is 117 Å². The summed E-state index contributed by atoms with van der Waals surface area (Å²) in [7, 11) is 0. The van der Waals surface area contributed by atoms with Gasteiger partial charge >= 0.3 is 0 Å². The Morgan fingerprint density at radius 2 is 1.94 bits per heavy atom. The molecule has 0 spiro atoms. The molecule has 0 radical (unpaired) electrons. The highest BCUT2D eigenvalue weighted by Gasteiger charge is 2.14. The number of rotatable bonds is 3. The first-order chi connectivity index (χ1) is 8.65. The smallest absolute Gasteiger partial charge is 0.238 e. The Balaban J connectivity index is 1.90.